The third kappa shape index (κ3) is 10.5. The molecule has 5 atom stereocenters. The summed E-state index contributed by atoms with van der Waals surface area (Å²) in [5.74, 6) is -2.29. The zero-order valence-corrected chi connectivity index (χ0v) is 42.1. The van der Waals surface area contributed by atoms with E-state index in [1.165, 1.54) is 14.0 Å². The number of aryl methyl sites for hydroxylation is 3. The molecule has 5 N–H and O–H groups in total. The number of imidazole rings is 1. The van der Waals surface area contributed by atoms with Gasteiger partial charge in [0.25, 0.3) is 0 Å². The summed E-state index contributed by atoms with van der Waals surface area (Å²) in [7, 11) is 1.67. The van der Waals surface area contributed by atoms with Gasteiger partial charge < -0.3 is 30.6 Å². The molecule has 1 saturated heterocycles. The summed E-state index contributed by atoms with van der Waals surface area (Å²) in [5, 5.41) is 8.30. The van der Waals surface area contributed by atoms with Crippen LogP contribution >= 0.6 is 0 Å². The fourth-order valence-electron chi connectivity index (χ4n) is 11.3. The van der Waals surface area contributed by atoms with E-state index in [-0.39, 0.29) is 69.4 Å². The highest BCUT2D eigenvalue weighted by Crippen LogP contribution is 2.45. The first-order valence-corrected chi connectivity index (χ1v) is 25.8. The Morgan fingerprint density at radius 3 is 2.25 bits per heavy atom. The standard InChI is InChI=1S/C58H61N7O10/c1-34(74-31-36-21-19-35(20-22-36)10-9-29-73-32-39-13-8-18-47-53(39)63(2)58(72)64(47)48-26-28-51(67)62-54(48)68)45(25-27-50(59)66)60-55(69)49-30-38-12-7-11-37-23-24-46(56(70)65(49)52(37)38)61-57(71)75-33-44-42-16-5-3-14-40(42)41-15-4-6-17-43(41)44/h3-8,11-22,34,44-46,48-49H,9-10,23-33H2,1-2H3,(H2,59,66)(H,60,69)(H,61,71)(H,62,67,68)/t34-,45+,46+,48?,49+/m1/s1. The van der Waals surface area contributed by atoms with E-state index in [4.69, 9.17) is 19.9 Å². The van der Waals surface area contributed by atoms with E-state index in [0.717, 1.165) is 62.9 Å². The molecule has 0 radical (unpaired) electrons. The van der Waals surface area contributed by atoms with E-state index in [1.807, 2.05) is 97.9 Å². The maximum Gasteiger partial charge on any atom is 0.407 e. The molecule has 1 fully saturated rings. The molecule has 10 rings (SSSR count). The molecule has 388 valence electrons. The monoisotopic (exact) mass is 1020 g/mol. The minimum absolute atomic E-state index is 0.00824. The number of imide groups is 1. The number of para-hydroxylation sites is 2. The molecule has 17 nitrogen and oxygen atoms in total. The summed E-state index contributed by atoms with van der Waals surface area (Å²) in [4.78, 5) is 93.8. The number of rotatable bonds is 19. The van der Waals surface area contributed by atoms with E-state index in [1.54, 1.807) is 13.1 Å². The number of hydrogen-bond acceptors (Lipinski definition) is 10. The normalized spacial score (nSPS) is 18.7. The molecule has 1 aliphatic carbocycles. The number of alkyl carbamates (subject to hydrolysis) is 1. The van der Waals surface area contributed by atoms with Crippen LogP contribution in [-0.2, 0) is 77.7 Å². The molecule has 1 aromatic heterocycles. The Balaban J connectivity index is 0.725. The van der Waals surface area contributed by atoms with Crippen LogP contribution in [0.15, 0.2) is 114 Å². The average Bonchev–Trinajstić information content (AvgIpc) is 4.03. The number of piperidine rings is 1. The number of primary amides is 1. The minimum atomic E-state index is -0.942. The lowest BCUT2D eigenvalue weighted by Crippen LogP contribution is -2.56. The number of nitrogens with zero attached hydrogens (tertiary/aromatic N) is 3. The zero-order valence-electron chi connectivity index (χ0n) is 42.1. The smallest absolute Gasteiger partial charge is 0.407 e. The van der Waals surface area contributed by atoms with Crippen molar-refractivity contribution in [3.63, 3.8) is 0 Å². The summed E-state index contributed by atoms with van der Waals surface area (Å²) in [6, 6.07) is 32.3. The Morgan fingerprint density at radius 2 is 1.52 bits per heavy atom. The number of benzene rings is 5. The number of carbonyl (C=O) groups is 6. The van der Waals surface area contributed by atoms with Crippen molar-refractivity contribution in [3.8, 4) is 11.1 Å². The molecule has 6 aromatic rings. The van der Waals surface area contributed by atoms with Crippen LogP contribution in [0.3, 0.4) is 0 Å². The predicted molar refractivity (Wildman–Crippen MR) is 279 cm³/mol. The van der Waals surface area contributed by atoms with Gasteiger partial charge in [0, 0.05) is 44.4 Å². The molecule has 4 heterocycles. The van der Waals surface area contributed by atoms with Crippen LogP contribution in [0.25, 0.3) is 22.2 Å². The third-order valence-electron chi connectivity index (χ3n) is 15.2. The van der Waals surface area contributed by atoms with Crippen molar-refractivity contribution in [2.75, 3.05) is 18.1 Å². The number of amides is 6. The summed E-state index contributed by atoms with van der Waals surface area (Å²) in [6.07, 6.45) is 2.00. The first-order chi connectivity index (χ1) is 36.3. The van der Waals surface area contributed by atoms with Crippen molar-refractivity contribution in [2.24, 2.45) is 12.8 Å². The van der Waals surface area contributed by atoms with Crippen LogP contribution in [0.5, 0.6) is 0 Å². The molecule has 17 heteroatoms. The molecule has 75 heavy (non-hydrogen) atoms. The fraction of sp³-hybridized carbons (Fsp3) is 0.362. The van der Waals surface area contributed by atoms with E-state index in [0.29, 0.717) is 36.2 Å². The lowest BCUT2D eigenvalue weighted by atomic mass is 9.98. The number of nitrogens with two attached hydrogens (primary N) is 1. The summed E-state index contributed by atoms with van der Waals surface area (Å²) in [5.41, 5.74) is 16.2. The second-order valence-corrected chi connectivity index (χ2v) is 20.0. The molecule has 3 aliphatic heterocycles. The summed E-state index contributed by atoms with van der Waals surface area (Å²) >= 11 is 0. The Morgan fingerprint density at radius 1 is 0.813 bits per heavy atom. The molecule has 4 aliphatic rings. The van der Waals surface area contributed by atoms with Crippen molar-refractivity contribution in [1.29, 1.82) is 0 Å². The van der Waals surface area contributed by atoms with Crippen LogP contribution in [0, 0.1) is 0 Å². The Kier molecular flexibility index (Phi) is 14.8. The maximum absolute atomic E-state index is 14.5. The van der Waals surface area contributed by atoms with E-state index < -0.39 is 60.0 Å². The summed E-state index contributed by atoms with van der Waals surface area (Å²) in [6.45, 7) is 2.91. The van der Waals surface area contributed by atoms with Crippen molar-refractivity contribution in [2.45, 2.75) is 114 Å². The molecule has 0 spiro atoms. The van der Waals surface area contributed by atoms with E-state index in [2.05, 4.69) is 28.1 Å². The zero-order chi connectivity index (χ0) is 52.3. The Bertz CT molecular complexity index is 3210. The number of fused-ring (bicyclic) bond motifs is 4. The minimum Gasteiger partial charge on any atom is -0.449 e. The largest absolute Gasteiger partial charge is 0.449 e. The number of ether oxygens (including phenoxy) is 3. The highest BCUT2D eigenvalue weighted by atomic mass is 16.5. The molecule has 0 saturated carbocycles. The van der Waals surface area contributed by atoms with Gasteiger partial charge in [-0.05, 0) is 96.0 Å². The fourth-order valence-corrected chi connectivity index (χ4v) is 11.3. The average molecular weight is 1020 g/mol. The van der Waals surface area contributed by atoms with Gasteiger partial charge in [-0.15, -0.1) is 0 Å². The lowest BCUT2D eigenvalue weighted by molar-refractivity contribution is -0.135. The summed E-state index contributed by atoms with van der Waals surface area (Å²) < 4.78 is 21.2. The van der Waals surface area contributed by atoms with Gasteiger partial charge in [0.1, 0.15) is 24.7 Å². The van der Waals surface area contributed by atoms with Gasteiger partial charge in [0.15, 0.2) is 0 Å². The molecular weight excluding hydrogens is 955 g/mol. The maximum atomic E-state index is 14.5. The van der Waals surface area contributed by atoms with Crippen LogP contribution in [0.1, 0.15) is 96.4 Å². The van der Waals surface area contributed by atoms with Gasteiger partial charge in [0.05, 0.1) is 42.1 Å². The van der Waals surface area contributed by atoms with Gasteiger partial charge in [-0.2, -0.15) is 0 Å². The number of hydrogen-bond donors (Lipinski definition) is 4. The van der Waals surface area contributed by atoms with Crippen molar-refractivity contribution in [1.82, 2.24) is 25.1 Å². The number of anilines is 1. The molecule has 0 bridgehead atoms. The van der Waals surface area contributed by atoms with E-state index >= 15 is 0 Å². The second-order valence-electron chi connectivity index (χ2n) is 20.0. The van der Waals surface area contributed by atoms with Gasteiger partial charge in [-0.3, -0.25) is 43.3 Å². The van der Waals surface area contributed by atoms with Crippen LogP contribution in [0.2, 0.25) is 0 Å². The van der Waals surface area contributed by atoms with Gasteiger partial charge in [-0.25, -0.2) is 9.59 Å². The Hall–Kier alpha value is -7.89. The second kappa shape index (κ2) is 21.9. The van der Waals surface area contributed by atoms with Crippen molar-refractivity contribution >= 4 is 52.3 Å². The molecule has 5 aromatic carbocycles. The first kappa shape index (κ1) is 50.6. The van der Waals surface area contributed by atoms with Crippen molar-refractivity contribution in [3.05, 3.63) is 159 Å². The number of nitrogens with one attached hydrogen (secondary N) is 3. The van der Waals surface area contributed by atoms with E-state index in [9.17, 15) is 33.6 Å². The van der Waals surface area contributed by atoms with Crippen LogP contribution in [-0.4, -0.2) is 82.2 Å². The lowest BCUT2D eigenvalue weighted by Gasteiger charge is -2.31. The van der Waals surface area contributed by atoms with Gasteiger partial charge in [0.2, 0.25) is 29.5 Å². The Labute approximate surface area is 433 Å². The predicted octanol–water partition coefficient (Wildman–Crippen LogP) is 5.93. The highest BCUT2D eigenvalue weighted by Gasteiger charge is 2.45. The number of carbonyl (C=O) groups excluding carboxylic acids is 6. The number of aromatic nitrogens is 2. The highest BCUT2D eigenvalue weighted by molar-refractivity contribution is 6.07. The topological polar surface area (TPSA) is 222 Å². The SMILES string of the molecule is C[C@@H](OCc1ccc(CCCOCc2cccc3c2n(C)c(=O)n3C2CCC(=O)NC2=O)cc1)[C@H](CCC(N)=O)NC(=O)[C@@H]1Cc2cccc3c2N1C(=O)[C@@H](NC(=O)OCC1c2ccccc2-c2ccccc21)CC3. The third-order valence-corrected chi connectivity index (χ3v) is 15.2. The quantitative estimate of drug-likeness (QED) is 0.0553. The van der Waals surface area contributed by atoms with Gasteiger partial charge >= 0.3 is 11.8 Å². The van der Waals surface area contributed by atoms with Crippen LogP contribution < -0.4 is 32.3 Å². The van der Waals surface area contributed by atoms with Gasteiger partial charge in [-0.1, -0.05) is 103 Å². The molecular formula is C58H61N7O10. The first-order valence-electron chi connectivity index (χ1n) is 25.8. The molecule has 1 unspecified atom stereocenters. The van der Waals surface area contributed by atoms with Crippen molar-refractivity contribution < 1.29 is 43.0 Å². The molecule has 6 amide bonds. The van der Waals surface area contributed by atoms with Crippen LogP contribution in [0.4, 0.5) is 10.5 Å².